The molecule has 0 bridgehead atoms. The molecule has 0 saturated heterocycles. The van der Waals surface area contributed by atoms with Gasteiger partial charge in [0, 0.05) is 5.69 Å². The molecule has 0 aromatic heterocycles. The molecule has 3 N–H and O–H groups in total. The molecule has 1 unspecified atom stereocenters. The lowest BCUT2D eigenvalue weighted by Gasteiger charge is -2.14. The molecule has 2 aromatic carbocycles. The predicted molar refractivity (Wildman–Crippen MR) is 130 cm³/mol. The monoisotopic (exact) mass is 621 g/mol. The van der Waals surface area contributed by atoms with Gasteiger partial charge in [0.2, 0.25) is 11.8 Å². The molecule has 0 spiro atoms. The lowest BCUT2D eigenvalue weighted by atomic mass is 10.1. The number of anilines is 3. The number of carbonyl (C=O) groups is 3. The van der Waals surface area contributed by atoms with E-state index in [0.29, 0.717) is 6.07 Å². The summed E-state index contributed by atoms with van der Waals surface area (Å²) in [6, 6.07) is 5.14. The van der Waals surface area contributed by atoms with Crippen molar-refractivity contribution in [3.63, 3.8) is 0 Å². The SMILES string of the molecule is O=C(CS(=O)(=O)CC(F)(F)F)Nc1c(F)ccc(NC(=O)c2cc(NC(=O)C3CC3(Cl)Cl)ccc2Cl)c1F. The van der Waals surface area contributed by atoms with Crippen LogP contribution in [0, 0.1) is 17.6 Å². The fourth-order valence-electron chi connectivity index (χ4n) is 3.13. The number of hydrogen-bond acceptors (Lipinski definition) is 5. The average Bonchev–Trinajstić information content (AvgIpc) is 3.40. The van der Waals surface area contributed by atoms with E-state index in [1.54, 1.807) is 5.32 Å². The molecule has 1 atom stereocenters. The van der Waals surface area contributed by atoms with E-state index >= 15 is 0 Å². The highest BCUT2D eigenvalue weighted by atomic mass is 35.5. The Morgan fingerprint density at radius 3 is 2.24 bits per heavy atom. The first kappa shape index (κ1) is 29.9. The smallest absolute Gasteiger partial charge is 0.326 e. The van der Waals surface area contributed by atoms with Crippen molar-refractivity contribution < 1.29 is 44.8 Å². The van der Waals surface area contributed by atoms with E-state index in [4.69, 9.17) is 34.8 Å². The largest absolute Gasteiger partial charge is 0.402 e. The third-order valence-electron chi connectivity index (χ3n) is 4.96. The van der Waals surface area contributed by atoms with E-state index in [0.717, 1.165) is 12.1 Å². The number of nitrogens with one attached hydrogen (secondary N) is 3. The first-order chi connectivity index (χ1) is 17.4. The lowest BCUT2D eigenvalue weighted by molar-refractivity contribution is -0.117. The number of halogens is 8. The zero-order chi connectivity index (χ0) is 28.6. The molecular weight excluding hydrogens is 608 g/mol. The zero-order valence-corrected chi connectivity index (χ0v) is 21.6. The van der Waals surface area contributed by atoms with Crippen molar-refractivity contribution >= 4 is 79.4 Å². The molecule has 206 valence electrons. The Morgan fingerprint density at radius 2 is 1.66 bits per heavy atom. The van der Waals surface area contributed by atoms with E-state index in [9.17, 15) is 44.8 Å². The molecule has 38 heavy (non-hydrogen) atoms. The minimum absolute atomic E-state index is 0.119. The molecule has 3 rings (SSSR count). The molecule has 1 aliphatic carbocycles. The van der Waals surface area contributed by atoms with Gasteiger partial charge in [-0.2, -0.15) is 13.2 Å². The summed E-state index contributed by atoms with van der Waals surface area (Å²) < 4.78 is 87.9. The van der Waals surface area contributed by atoms with Gasteiger partial charge in [-0.3, -0.25) is 14.4 Å². The molecule has 0 heterocycles. The fourth-order valence-corrected chi connectivity index (χ4v) is 4.92. The van der Waals surface area contributed by atoms with Crippen molar-refractivity contribution in [3.8, 4) is 0 Å². The third kappa shape index (κ3) is 7.68. The van der Waals surface area contributed by atoms with Gasteiger partial charge in [-0.1, -0.05) is 11.6 Å². The summed E-state index contributed by atoms with van der Waals surface area (Å²) in [5.74, 6) is -10.9. The molecule has 1 saturated carbocycles. The first-order valence-electron chi connectivity index (χ1n) is 10.2. The maximum Gasteiger partial charge on any atom is 0.402 e. The summed E-state index contributed by atoms with van der Waals surface area (Å²) in [5.41, 5.74) is -2.04. The van der Waals surface area contributed by atoms with Crippen LogP contribution >= 0.6 is 34.8 Å². The van der Waals surface area contributed by atoms with Crippen molar-refractivity contribution in [1.29, 1.82) is 0 Å². The van der Waals surface area contributed by atoms with Gasteiger partial charge in [-0.15, -0.1) is 23.2 Å². The highest BCUT2D eigenvalue weighted by Gasteiger charge is 2.56. The van der Waals surface area contributed by atoms with Crippen LogP contribution in [0.25, 0.3) is 0 Å². The quantitative estimate of drug-likeness (QED) is 0.285. The van der Waals surface area contributed by atoms with Crippen LogP contribution in [-0.4, -0.2) is 48.2 Å². The molecule has 1 fully saturated rings. The molecule has 17 heteroatoms. The minimum Gasteiger partial charge on any atom is -0.326 e. The topological polar surface area (TPSA) is 121 Å². The van der Waals surface area contributed by atoms with Crippen LogP contribution in [0.4, 0.5) is 39.0 Å². The number of rotatable bonds is 8. The fraction of sp³-hybridized carbons (Fsp3) is 0.286. The van der Waals surface area contributed by atoms with Gasteiger partial charge in [-0.05, 0) is 36.8 Å². The average molecular weight is 623 g/mol. The van der Waals surface area contributed by atoms with Gasteiger partial charge in [-0.25, -0.2) is 17.2 Å². The molecule has 1 aliphatic rings. The molecule has 0 radical (unpaired) electrons. The second-order valence-corrected chi connectivity index (χ2v) is 12.1. The van der Waals surface area contributed by atoms with Gasteiger partial charge >= 0.3 is 6.18 Å². The highest BCUT2D eigenvalue weighted by Crippen LogP contribution is 2.53. The number of amides is 3. The van der Waals surface area contributed by atoms with Crippen molar-refractivity contribution in [2.24, 2.45) is 5.92 Å². The van der Waals surface area contributed by atoms with Crippen molar-refractivity contribution in [2.45, 2.75) is 16.9 Å². The van der Waals surface area contributed by atoms with Crippen LogP contribution in [0.1, 0.15) is 16.8 Å². The second-order valence-electron chi connectivity index (χ2n) is 8.14. The minimum atomic E-state index is -5.13. The molecule has 2 aromatic rings. The van der Waals surface area contributed by atoms with Gasteiger partial charge in [0.25, 0.3) is 5.91 Å². The summed E-state index contributed by atoms with van der Waals surface area (Å²) >= 11 is 17.7. The Kier molecular flexibility index (Phi) is 8.51. The van der Waals surface area contributed by atoms with E-state index in [-0.39, 0.29) is 22.7 Å². The summed E-state index contributed by atoms with van der Waals surface area (Å²) in [6.45, 7) is 0. The van der Waals surface area contributed by atoms with Crippen LogP contribution in [0.3, 0.4) is 0 Å². The molecule has 0 aliphatic heterocycles. The van der Waals surface area contributed by atoms with Gasteiger partial charge < -0.3 is 16.0 Å². The summed E-state index contributed by atoms with van der Waals surface area (Å²) in [5, 5.41) is 6.00. The molecular formula is C21H15Cl3F5N3O5S. The van der Waals surface area contributed by atoms with Gasteiger partial charge in [0.15, 0.2) is 15.7 Å². The van der Waals surface area contributed by atoms with Crippen LogP contribution in [0.15, 0.2) is 30.3 Å². The third-order valence-corrected chi connectivity index (χ3v) is 7.59. The van der Waals surface area contributed by atoms with Crippen molar-refractivity contribution in [3.05, 3.63) is 52.6 Å². The number of hydrogen-bond donors (Lipinski definition) is 3. The Balaban J connectivity index is 1.75. The lowest BCUT2D eigenvalue weighted by Crippen LogP contribution is -2.31. The van der Waals surface area contributed by atoms with Crippen LogP contribution in [0.5, 0.6) is 0 Å². The zero-order valence-electron chi connectivity index (χ0n) is 18.6. The molecule has 8 nitrogen and oxygen atoms in total. The van der Waals surface area contributed by atoms with E-state index in [1.807, 2.05) is 0 Å². The van der Waals surface area contributed by atoms with Gasteiger partial charge in [0.05, 0.1) is 22.2 Å². The number of alkyl halides is 5. The van der Waals surface area contributed by atoms with E-state index in [2.05, 4.69) is 10.6 Å². The normalized spacial score (nSPS) is 16.5. The number of sulfone groups is 1. The number of carbonyl (C=O) groups excluding carboxylic acids is 3. The summed E-state index contributed by atoms with van der Waals surface area (Å²) in [7, 11) is -4.99. The predicted octanol–water partition coefficient (Wildman–Crippen LogP) is 4.92. The second kappa shape index (κ2) is 10.8. The summed E-state index contributed by atoms with van der Waals surface area (Å²) in [6.07, 6.45) is -4.91. The number of benzene rings is 2. The van der Waals surface area contributed by atoms with Crippen molar-refractivity contribution in [2.75, 3.05) is 27.5 Å². The molecule has 3 amide bonds. The maximum atomic E-state index is 14.9. The highest BCUT2D eigenvalue weighted by molar-refractivity contribution is 7.92. The Labute approximate surface area is 226 Å². The van der Waals surface area contributed by atoms with Gasteiger partial charge in [0.1, 0.15) is 27.3 Å². The summed E-state index contributed by atoms with van der Waals surface area (Å²) in [4.78, 5) is 36.8. The maximum absolute atomic E-state index is 14.9. The Bertz CT molecular complexity index is 1420. The van der Waals surface area contributed by atoms with Crippen LogP contribution in [-0.2, 0) is 19.4 Å². The van der Waals surface area contributed by atoms with E-state index < -0.39 is 78.5 Å². The Hall–Kier alpha value is -2.68. The van der Waals surface area contributed by atoms with Crippen molar-refractivity contribution in [1.82, 2.24) is 0 Å². The van der Waals surface area contributed by atoms with Crippen LogP contribution < -0.4 is 16.0 Å². The first-order valence-corrected chi connectivity index (χ1v) is 13.2. The van der Waals surface area contributed by atoms with Crippen LogP contribution in [0.2, 0.25) is 5.02 Å². The van der Waals surface area contributed by atoms with E-state index in [1.165, 1.54) is 12.1 Å². The standard InChI is InChI=1S/C21H15Cl3F5N3O5S/c22-12-2-1-9(30-19(35)11-6-20(11,23)24)5-10(12)18(34)31-14-4-3-13(25)17(16(14)26)32-15(33)7-38(36,37)8-21(27,28)29/h1-5,11H,6-8H2,(H,30,35)(H,31,34)(H,32,33). The Morgan fingerprint density at radius 1 is 1.03 bits per heavy atom.